The monoisotopic (exact) mass is 247 g/mol. The molecular formula is C15H37NO. The topological polar surface area (TPSA) is 23.5 Å². The van der Waals surface area contributed by atoms with Gasteiger partial charge in [-0.05, 0) is 44.8 Å². The van der Waals surface area contributed by atoms with Crippen LogP contribution in [-0.4, -0.2) is 36.2 Å². The molecule has 17 heavy (non-hydrogen) atoms. The summed E-state index contributed by atoms with van der Waals surface area (Å²) in [5.41, 5.74) is 0. The van der Waals surface area contributed by atoms with Crippen LogP contribution in [0.25, 0.3) is 0 Å². The SMILES string of the molecule is C.CC.CCC.CCN1CCC(CCO)CC1. The molecule has 1 aliphatic rings. The van der Waals surface area contributed by atoms with Crippen molar-refractivity contribution in [3.63, 3.8) is 0 Å². The Bertz CT molecular complexity index is 109. The van der Waals surface area contributed by atoms with Gasteiger partial charge in [-0.2, -0.15) is 0 Å². The van der Waals surface area contributed by atoms with Crippen LogP contribution in [0.1, 0.15) is 67.7 Å². The van der Waals surface area contributed by atoms with Crippen LogP contribution in [0.5, 0.6) is 0 Å². The molecule has 0 radical (unpaired) electrons. The number of likely N-dealkylation sites (tertiary alicyclic amines) is 1. The fraction of sp³-hybridized carbons (Fsp3) is 1.00. The Morgan fingerprint density at radius 3 is 1.76 bits per heavy atom. The van der Waals surface area contributed by atoms with Crippen LogP contribution >= 0.6 is 0 Å². The Morgan fingerprint density at radius 1 is 1.06 bits per heavy atom. The first-order chi connectivity index (χ1) is 7.78. The van der Waals surface area contributed by atoms with E-state index < -0.39 is 0 Å². The standard InChI is InChI=1S/C9H19NO.C3H8.C2H6.CH4/c1-2-10-6-3-9(4-7-10)5-8-11;1-3-2;1-2;/h9,11H,2-8H2,1H3;3H2,1-2H3;1-2H3;1H4. The number of hydrogen-bond acceptors (Lipinski definition) is 2. The highest BCUT2D eigenvalue weighted by atomic mass is 16.3. The molecule has 2 heteroatoms. The van der Waals surface area contributed by atoms with Gasteiger partial charge in [0.15, 0.2) is 0 Å². The molecule has 0 aromatic rings. The third-order valence-electron chi connectivity index (χ3n) is 2.69. The van der Waals surface area contributed by atoms with Crippen LogP contribution in [-0.2, 0) is 0 Å². The number of rotatable bonds is 3. The number of nitrogens with zero attached hydrogens (tertiary/aromatic N) is 1. The zero-order chi connectivity index (χ0) is 12.8. The molecule has 1 saturated heterocycles. The Labute approximate surface area is 110 Å². The number of aliphatic hydroxyl groups excluding tert-OH is 1. The van der Waals surface area contributed by atoms with Crippen LogP contribution in [0.4, 0.5) is 0 Å². The third-order valence-corrected chi connectivity index (χ3v) is 2.69. The van der Waals surface area contributed by atoms with Gasteiger partial charge in [0.05, 0.1) is 0 Å². The van der Waals surface area contributed by atoms with Crippen LogP contribution < -0.4 is 0 Å². The molecule has 1 N–H and O–H groups in total. The molecule has 0 atom stereocenters. The third kappa shape index (κ3) is 13.9. The molecule has 0 unspecified atom stereocenters. The maximum absolute atomic E-state index is 8.73. The van der Waals surface area contributed by atoms with Gasteiger partial charge in [0.2, 0.25) is 0 Å². The Morgan fingerprint density at radius 2 is 1.47 bits per heavy atom. The molecule has 0 aromatic carbocycles. The zero-order valence-electron chi connectivity index (χ0n) is 12.1. The van der Waals surface area contributed by atoms with E-state index in [1.54, 1.807) is 0 Å². The van der Waals surface area contributed by atoms with Crippen molar-refractivity contribution in [2.75, 3.05) is 26.2 Å². The minimum atomic E-state index is 0. The summed E-state index contributed by atoms with van der Waals surface area (Å²) in [4.78, 5) is 2.48. The van der Waals surface area contributed by atoms with Crippen molar-refractivity contribution >= 4 is 0 Å². The second kappa shape index (κ2) is 18.3. The van der Waals surface area contributed by atoms with E-state index in [9.17, 15) is 0 Å². The van der Waals surface area contributed by atoms with Gasteiger partial charge in [-0.15, -0.1) is 0 Å². The van der Waals surface area contributed by atoms with Gasteiger partial charge >= 0.3 is 0 Å². The Kier molecular flexibility index (Phi) is 23.8. The second-order valence-electron chi connectivity index (χ2n) is 4.10. The van der Waals surface area contributed by atoms with Crippen LogP contribution in [0.3, 0.4) is 0 Å². The van der Waals surface area contributed by atoms with E-state index in [0.29, 0.717) is 6.61 Å². The average Bonchev–Trinajstić information content (AvgIpc) is 2.34. The summed E-state index contributed by atoms with van der Waals surface area (Å²) < 4.78 is 0. The van der Waals surface area contributed by atoms with E-state index in [1.165, 1.54) is 38.9 Å². The maximum atomic E-state index is 8.73. The van der Waals surface area contributed by atoms with Crippen molar-refractivity contribution in [2.24, 2.45) is 5.92 Å². The average molecular weight is 247 g/mol. The fourth-order valence-electron chi connectivity index (χ4n) is 1.77. The molecule has 1 aliphatic heterocycles. The van der Waals surface area contributed by atoms with Crippen molar-refractivity contribution < 1.29 is 5.11 Å². The van der Waals surface area contributed by atoms with E-state index in [-0.39, 0.29) is 7.43 Å². The van der Waals surface area contributed by atoms with Crippen LogP contribution in [0.15, 0.2) is 0 Å². The lowest BCUT2D eigenvalue weighted by Crippen LogP contribution is -2.33. The zero-order valence-corrected chi connectivity index (χ0v) is 12.1. The molecule has 0 aromatic heterocycles. The lowest BCUT2D eigenvalue weighted by molar-refractivity contribution is 0.164. The second-order valence-corrected chi connectivity index (χ2v) is 4.10. The van der Waals surface area contributed by atoms with Crippen LogP contribution in [0.2, 0.25) is 0 Å². The summed E-state index contributed by atoms with van der Waals surface area (Å²) in [6, 6.07) is 0. The Hall–Kier alpha value is -0.0800. The molecule has 0 aliphatic carbocycles. The molecule has 108 valence electrons. The molecule has 1 fully saturated rings. The highest BCUT2D eigenvalue weighted by molar-refractivity contribution is 4.70. The first-order valence-electron chi connectivity index (χ1n) is 7.11. The quantitative estimate of drug-likeness (QED) is 0.809. The Balaban J connectivity index is -0.000000286. The molecule has 0 spiro atoms. The molecule has 2 nitrogen and oxygen atoms in total. The smallest absolute Gasteiger partial charge is 0.0433 e. The lowest BCUT2D eigenvalue weighted by Gasteiger charge is -2.30. The molecule has 0 amide bonds. The highest BCUT2D eigenvalue weighted by Crippen LogP contribution is 2.19. The summed E-state index contributed by atoms with van der Waals surface area (Å²) in [5, 5.41) is 8.73. The number of hydrogen-bond donors (Lipinski definition) is 1. The van der Waals surface area contributed by atoms with Gasteiger partial charge in [0, 0.05) is 6.61 Å². The number of piperidine rings is 1. The minimum Gasteiger partial charge on any atom is -0.396 e. The lowest BCUT2D eigenvalue weighted by atomic mass is 9.94. The summed E-state index contributed by atoms with van der Waals surface area (Å²) in [6.07, 6.45) is 4.83. The van der Waals surface area contributed by atoms with Gasteiger partial charge in [0.1, 0.15) is 0 Å². The fourth-order valence-corrected chi connectivity index (χ4v) is 1.77. The highest BCUT2D eigenvalue weighted by Gasteiger charge is 2.16. The van der Waals surface area contributed by atoms with Gasteiger partial charge in [-0.1, -0.05) is 48.5 Å². The largest absolute Gasteiger partial charge is 0.396 e. The van der Waals surface area contributed by atoms with Crippen molar-refractivity contribution in [1.82, 2.24) is 4.90 Å². The number of aliphatic hydroxyl groups is 1. The summed E-state index contributed by atoms with van der Waals surface area (Å²) in [7, 11) is 0. The molecular weight excluding hydrogens is 210 g/mol. The summed E-state index contributed by atoms with van der Waals surface area (Å²) in [6.45, 7) is 14.5. The van der Waals surface area contributed by atoms with E-state index in [4.69, 9.17) is 5.11 Å². The van der Waals surface area contributed by atoms with Crippen molar-refractivity contribution in [1.29, 1.82) is 0 Å². The van der Waals surface area contributed by atoms with Crippen molar-refractivity contribution in [3.8, 4) is 0 Å². The molecule has 0 bridgehead atoms. The molecule has 1 heterocycles. The molecule has 0 saturated carbocycles. The van der Waals surface area contributed by atoms with Gasteiger partial charge in [-0.25, -0.2) is 0 Å². The van der Waals surface area contributed by atoms with Crippen molar-refractivity contribution in [2.45, 2.75) is 67.7 Å². The predicted molar refractivity (Wildman–Crippen MR) is 80.6 cm³/mol. The van der Waals surface area contributed by atoms with E-state index >= 15 is 0 Å². The first-order valence-corrected chi connectivity index (χ1v) is 7.11. The first kappa shape index (κ1) is 22.1. The van der Waals surface area contributed by atoms with E-state index in [2.05, 4.69) is 25.7 Å². The van der Waals surface area contributed by atoms with Gasteiger partial charge < -0.3 is 10.0 Å². The summed E-state index contributed by atoms with van der Waals surface area (Å²) >= 11 is 0. The minimum absolute atomic E-state index is 0. The van der Waals surface area contributed by atoms with E-state index in [1.807, 2.05) is 13.8 Å². The normalized spacial score (nSPS) is 15.9. The van der Waals surface area contributed by atoms with Crippen molar-refractivity contribution in [3.05, 3.63) is 0 Å². The maximum Gasteiger partial charge on any atom is 0.0433 e. The van der Waals surface area contributed by atoms with E-state index in [0.717, 1.165) is 12.3 Å². The van der Waals surface area contributed by atoms with Crippen LogP contribution in [0, 0.1) is 5.92 Å². The van der Waals surface area contributed by atoms with Gasteiger partial charge in [-0.3, -0.25) is 0 Å². The predicted octanol–water partition coefficient (Wildman–Crippen LogP) is 4.18. The van der Waals surface area contributed by atoms with Gasteiger partial charge in [0.25, 0.3) is 0 Å². The summed E-state index contributed by atoms with van der Waals surface area (Å²) in [5.74, 6) is 0.794. The molecule has 1 rings (SSSR count).